The summed E-state index contributed by atoms with van der Waals surface area (Å²) in [6, 6.07) is 8.01. The Balaban J connectivity index is 1.45. The second-order valence-corrected chi connectivity index (χ2v) is 8.54. The first kappa shape index (κ1) is 18.8. The zero-order chi connectivity index (χ0) is 19.8. The Morgan fingerprint density at radius 1 is 1.18 bits per heavy atom. The van der Waals surface area contributed by atoms with Crippen molar-refractivity contribution >= 4 is 17.2 Å². The van der Waals surface area contributed by atoms with Crippen LogP contribution in [0.2, 0.25) is 0 Å². The molecule has 0 bridgehead atoms. The smallest absolute Gasteiger partial charge is 0.274 e. The molecule has 2 aromatic heterocycles. The lowest BCUT2D eigenvalue weighted by atomic mass is 9.97. The van der Waals surface area contributed by atoms with E-state index in [2.05, 4.69) is 17.0 Å². The van der Waals surface area contributed by atoms with Gasteiger partial charge in [0.25, 0.3) is 5.91 Å². The van der Waals surface area contributed by atoms with Crippen molar-refractivity contribution in [3.05, 3.63) is 57.4 Å². The molecular weight excluding hydrogens is 375 g/mol. The molecule has 28 heavy (non-hydrogen) atoms. The highest BCUT2D eigenvalue weighted by molar-refractivity contribution is 7.11. The van der Waals surface area contributed by atoms with Crippen LogP contribution in [0.1, 0.15) is 44.8 Å². The summed E-state index contributed by atoms with van der Waals surface area (Å²) < 4.78 is 14.8. The van der Waals surface area contributed by atoms with Crippen molar-refractivity contribution in [3.63, 3.8) is 0 Å². The summed E-state index contributed by atoms with van der Waals surface area (Å²) >= 11 is 1.77. The number of piperidine rings is 1. The number of hydrogen-bond donors (Lipinski definition) is 0. The summed E-state index contributed by atoms with van der Waals surface area (Å²) in [6.45, 7) is 5.58. The molecule has 0 saturated carbocycles. The third kappa shape index (κ3) is 3.58. The van der Waals surface area contributed by atoms with Crippen LogP contribution in [0, 0.1) is 19.7 Å². The Morgan fingerprint density at radius 2 is 1.86 bits per heavy atom. The third-order valence-electron chi connectivity index (χ3n) is 5.42. The number of thiazole rings is 1. The van der Waals surface area contributed by atoms with Gasteiger partial charge in [0.1, 0.15) is 5.82 Å². The highest BCUT2D eigenvalue weighted by Crippen LogP contribution is 2.32. The summed E-state index contributed by atoms with van der Waals surface area (Å²) in [6.07, 6.45) is 1.85. The molecule has 1 amide bonds. The number of amides is 1. The van der Waals surface area contributed by atoms with Crippen LogP contribution in [0.3, 0.4) is 0 Å². The molecule has 0 atom stereocenters. The van der Waals surface area contributed by atoms with E-state index in [0.717, 1.165) is 29.8 Å². The van der Waals surface area contributed by atoms with Crippen molar-refractivity contribution < 1.29 is 9.18 Å². The average molecular weight is 399 g/mol. The molecule has 0 N–H and O–H groups in total. The van der Waals surface area contributed by atoms with Gasteiger partial charge in [-0.2, -0.15) is 5.10 Å². The molecule has 3 heterocycles. The summed E-state index contributed by atoms with van der Waals surface area (Å²) in [4.78, 5) is 20.8. The summed E-state index contributed by atoms with van der Waals surface area (Å²) in [5, 5.41) is 5.59. The van der Waals surface area contributed by atoms with Crippen LogP contribution < -0.4 is 0 Å². The minimum atomic E-state index is -0.282. The summed E-state index contributed by atoms with van der Waals surface area (Å²) in [7, 11) is 1.80. The molecule has 1 saturated heterocycles. The standard InChI is InChI=1S/C21H23FN4OS/c1-13-14(2)28-20(23-13)16-8-10-26(11-9-16)21(27)18-12-19(25(3)24-18)15-4-6-17(22)7-5-15/h4-7,12,16H,8-11H2,1-3H3. The highest BCUT2D eigenvalue weighted by atomic mass is 32.1. The zero-order valence-electron chi connectivity index (χ0n) is 16.3. The third-order valence-corrected chi connectivity index (χ3v) is 6.65. The maximum absolute atomic E-state index is 13.2. The number of aromatic nitrogens is 3. The van der Waals surface area contributed by atoms with Gasteiger partial charge in [0.15, 0.2) is 5.69 Å². The minimum absolute atomic E-state index is 0.0473. The van der Waals surface area contributed by atoms with Gasteiger partial charge >= 0.3 is 0 Å². The van der Waals surface area contributed by atoms with Crippen molar-refractivity contribution in [3.8, 4) is 11.3 Å². The SMILES string of the molecule is Cc1nc(C2CCN(C(=O)c3cc(-c4ccc(F)cc4)n(C)n3)CC2)sc1C. The summed E-state index contributed by atoms with van der Waals surface area (Å²) in [5.74, 6) is 0.101. The van der Waals surface area contributed by atoms with Crippen LogP contribution in [0.25, 0.3) is 11.3 Å². The first-order valence-electron chi connectivity index (χ1n) is 9.45. The van der Waals surface area contributed by atoms with E-state index in [0.29, 0.717) is 24.7 Å². The fourth-order valence-electron chi connectivity index (χ4n) is 3.63. The van der Waals surface area contributed by atoms with E-state index in [4.69, 9.17) is 0 Å². The minimum Gasteiger partial charge on any atom is -0.337 e. The highest BCUT2D eigenvalue weighted by Gasteiger charge is 2.28. The molecule has 0 unspecified atom stereocenters. The Morgan fingerprint density at radius 3 is 2.46 bits per heavy atom. The van der Waals surface area contributed by atoms with Crippen LogP contribution in [0.4, 0.5) is 4.39 Å². The molecule has 3 aromatic rings. The first-order chi connectivity index (χ1) is 13.4. The lowest BCUT2D eigenvalue weighted by Gasteiger charge is -2.30. The molecule has 0 radical (unpaired) electrons. The number of benzene rings is 1. The molecule has 4 rings (SSSR count). The molecule has 7 heteroatoms. The second kappa shape index (κ2) is 7.47. The van der Waals surface area contributed by atoms with E-state index in [1.807, 2.05) is 11.8 Å². The number of likely N-dealkylation sites (tertiary alicyclic amines) is 1. The van der Waals surface area contributed by atoms with E-state index in [1.165, 1.54) is 22.0 Å². The van der Waals surface area contributed by atoms with Crippen molar-refractivity contribution in [2.24, 2.45) is 7.05 Å². The Kier molecular flexibility index (Phi) is 5.02. The van der Waals surface area contributed by atoms with Crippen molar-refractivity contribution in [2.45, 2.75) is 32.6 Å². The topological polar surface area (TPSA) is 51.0 Å². The maximum atomic E-state index is 13.2. The van der Waals surface area contributed by atoms with Gasteiger partial charge in [-0.25, -0.2) is 9.37 Å². The van der Waals surface area contributed by atoms with Crippen LogP contribution in [-0.4, -0.2) is 38.7 Å². The maximum Gasteiger partial charge on any atom is 0.274 e. The van der Waals surface area contributed by atoms with E-state index in [1.54, 1.807) is 41.3 Å². The van der Waals surface area contributed by atoms with E-state index in [9.17, 15) is 9.18 Å². The monoisotopic (exact) mass is 398 g/mol. The largest absolute Gasteiger partial charge is 0.337 e. The van der Waals surface area contributed by atoms with Gasteiger partial charge in [-0.1, -0.05) is 0 Å². The first-order valence-corrected chi connectivity index (χ1v) is 10.3. The van der Waals surface area contributed by atoms with Gasteiger partial charge in [0.2, 0.25) is 0 Å². The quantitative estimate of drug-likeness (QED) is 0.660. The number of halogens is 1. The fourth-order valence-corrected chi connectivity index (χ4v) is 4.72. The van der Waals surface area contributed by atoms with Crippen LogP contribution in [0.5, 0.6) is 0 Å². The van der Waals surface area contributed by atoms with Gasteiger partial charge in [0.05, 0.1) is 16.4 Å². The van der Waals surface area contributed by atoms with Crippen molar-refractivity contribution in [1.82, 2.24) is 19.7 Å². The number of aryl methyl sites for hydroxylation is 3. The van der Waals surface area contributed by atoms with Crippen molar-refractivity contribution in [2.75, 3.05) is 13.1 Å². The number of rotatable bonds is 3. The molecule has 1 aliphatic rings. The van der Waals surface area contributed by atoms with E-state index >= 15 is 0 Å². The second-order valence-electron chi connectivity index (χ2n) is 7.31. The Bertz CT molecular complexity index is 981. The predicted octanol–water partition coefficient (Wildman–Crippen LogP) is 4.32. The molecule has 5 nitrogen and oxygen atoms in total. The van der Waals surface area contributed by atoms with Gasteiger partial charge in [-0.3, -0.25) is 9.48 Å². The number of hydrogen-bond acceptors (Lipinski definition) is 4. The fraction of sp³-hybridized carbons (Fsp3) is 0.381. The van der Waals surface area contributed by atoms with Gasteiger partial charge in [0, 0.05) is 30.9 Å². The molecule has 146 valence electrons. The lowest BCUT2D eigenvalue weighted by Crippen LogP contribution is -2.38. The van der Waals surface area contributed by atoms with Gasteiger partial charge in [-0.15, -0.1) is 11.3 Å². The number of nitrogens with zero attached hydrogens (tertiary/aromatic N) is 4. The van der Waals surface area contributed by atoms with Crippen molar-refractivity contribution in [1.29, 1.82) is 0 Å². The lowest BCUT2D eigenvalue weighted by molar-refractivity contribution is 0.0706. The molecule has 0 aliphatic carbocycles. The summed E-state index contributed by atoms with van der Waals surface area (Å²) in [5.41, 5.74) is 3.18. The Labute approximate surface area is 167 Å². The normalized spacial score (nSPS) is 15.2. The molecule has 0 spiro atoms. The van der Waals surface area contributed by atoms with Crippen LogP contribution in [0.15, 0.2) is 30.3 Å². The van der Waals surface area contributed by atoms with E-state index < -0.39 is 0 Å². The van der Waals surface area contributed by atoms with Gasteiger partial charge < -0.3 is 4.90 Å². The number of carbonyl (C=O) groups excluding carboxylic acids is 1. The molecule has 1 fully saturated rings. The van der Waals surface area contributed by atoms with Crippen LogP contribution >= 0.6 is 11.3 Å². The molecular formula is C21H23FN4OS. The number of carbonyl (C=O) groups is 1. The van der Waals surface area contributed by atoms with Crippen LogP contribution in [-0.2, 0) is 7.05 Å². The molecule has 1 aromatic carbocycles. The zero-order valence-corrected chi connectivity index (χ0v) is 17.1. The molecule has 1 aliphatic heterocycles. The van der Waals surface area contributed by atoms with E-state index in [-0.39, 0.29) is 11.7 Å². The van der Waals surface area contributed by atoms with Gasteiger partial charge in [-0.05, 0) is 62.6 Å². The Hall–Kier alpha value is -2.54. The predicted molar refractivity (Wildman–Crippen MR) is 108 cm³/mol. The average Bonchev–Trinajstić information content (AvgIpc) is 3.24.